The third-order valence-corrected chi connectivity index (χ3v) is 4.11. The molecule has 0 heterocycles. The molecule has 1 aromatic carbocycles. The van der Waals surface area contributed by atoms with Crippen LogP contribution in [0.15, 0.2) is 24.3 Å². The van der Waals surface area contributed by atoms with Gasteiger partial charge in [0.25, 0.3) is 0 Å². The molecule has 1 atom stereocenters. The minimum absolute atomic E-state index is 0.230. The Labute approximate surface area is 110 Å². The van der Waals surface area contributed by atoms with Crippen LogP contribution in [-0.2, 0) is 9.84 Å². The highest BCUT2D eigenvalue weighted by molar-refractivity contribution is 7.90. The number of benzene rings is 1. The van der Waals surface area contributed by atoms with E-state index in [9.17, 15) is 8.42 Å². The van der Waals surface area contributed by atoms with E-state index in [4.69, 9.17) is 5.73 Å². The van der Waals surface area contributed by atoms with Gasteiger partial charge in [0.1, 0.15) is 9.84 Å². The summed E-state index contributed by atoms with van der Waals surface area (Å²) < 4.78 is 22.1. The van der Waals surface area contributed by atoms with Crippen molar-refractivity contribution in [2.75, 3.05) is 31.3 Å². The number of nitrogens with two attached hydrogens (primary N) is 1. The molecule has 2 N–H and O–H groups in total. The van der Waals surface area contributed by atoms with Gasteiger partial charge in [-0.1, -0.05) is 12.1 Å². The van der Waals surface area contributed by atoms with E-state index < -0.39 is 9.84 Å². The summed E-state index contributed by atoms with van der Waals surface area (Å²) in [5.41, 5.74) is 7.66. The molecule has 0 aliphatic carbocycles. The molecule has 18 heavy (non-hydrogen) atoms. The third-order valence-electron chi connectivity index (χ3n) is 3.08. The van der Waals surface area contributed by atoms with E-state index in [0.29, 0.717) is 6.42 Å². The Hall–Kier alpha value is -1.07. The van der Waals surface area contributed by atoms with Crippen molar-refractivity contribution >= 4 is 15.5 Å². The normalized spacial score (nSPS) is 13.8. The Morgan fingerprint density at radius 3 is 2.61 bits per heavy atom. The number of nitrogen functional groups attached to an aromatic ring is 1. The second-order valence-electron chi connectivity index (χ2n) is 4.81. The van der Waals surface area contributed by atoms with Gasteiger partial charge in [-0.05, 0) is 44.6 Å². The lowest BCUT2D eigenvalue weighted by atomic mass is 10.1. The predicted octanol–water partition coefficient (Wildman–Crippen LogP) is 1.70. The van der Waals surface area contributed by atoms with Crippen molar-refractivity contribution in [3.05, 3.63) is 29.8 Å². The first-order chi connectivity index (χ1) is 8.29. The molecule has 0 radical (unpaired) electrons. The Morgan fingerprint density at radius 1 is 1.39 bits per heavy atom. The summed E-state index contributed by atoms with van der Waals surface area (Å²) in [4.78, 5) is 2.14. The molecule has 0 bridgehead atoms. The Morgan fingerprint density at radius 2 is 2.06 bits per heavy atom. The van der Waals surface area contributed by atoms with Crippen LogP contribution in [0.5, 0.6) is 0 Å². The SMILES string of the molecule is CC(c1cccc(N)c1)N(C)CCCS(C)(=O)=O. The number of rotatable bonds is 6. The standard InChI is InChI=1S/C13H22N2O2S/c1-11(12-6-4-7-13(14)10-12)15(2)8-5-9-18(3,16)17/h4,6-7,10-11H,5,8-9,14H2,1-3H3. The van der Waals surface area contributed by atoms with Crippen molar-refractivity contribution in [1.29, 1.82) is 0 Å². The first kappa shape index (κ1) is 15.0. The van der Waals surface area contributed by atoms with Crippen LogP contribution in [0.2, 0.25) is 0 Å². The predicted molar refractivity (Wildman–Crippen MR) is 76.2 cm³/mol. The maximum atomic E-state index is 11.1. The van der Waals surface area contributed by atoms with Crippen LogP contribution in [0.3, 0.4) is 0 Å². The molecule has 0 saturated heterocycles. The van der Waals surface area contributed by atoms with Crippen LogP contribution in [0, 0.1) is 0 Å². The molecule has 0 saturated carbocycles. The van der Waals surface area contributed by atoms with Gasteiger partial charge in [0.15, 0.2) is 0 Å². The van der Waals surface area contributed by atoms with Crippen molar-refractivity contribution in [3.63, 3.8) is 0 Å². The number of nitrogens with zero attached hydrogens (tertiary/aromatic N) is 1. The van der Waals surface area contributed by atoms with E-state index in [0.717, 1.165) is 17.8 Å². The minimum Gasteiger partial charge on any atom is -0.399 e. The molecule has 0 aromatic heterocycles. The second-order valence-corrected chi connectivity index (χ2v) is 7.07. The largest absolute Gasteiger partial charge is 0.399 e. The van der Waals surface area contributed by atoms with Crippen LogP contribution < -0.4 is 5.73 Å². The van der Waals surface area contributed by atoms with Gasteiger partial charge in [0, 0.05) is 18.0 Å². The summed E-state index contributed by atoms with van der Waals surface area (Å²) in [6.45, 7) is 2.85. The first-order valence-corrected chi connectivity index (χ1v) is 8.09. The van der Waals surface area contributed by atoms with E-state index >= 15 is 0 Å². The summed E-state index contributed by atoms with van der Waals surface area (Å²) in [6, 6.07) is 8.02. The number of sulfone groups is 1. The summed E-state index contributed by atoms with van der Waals surface area (Å²) in [7, 11) is -0.867. The van der Waals surface area contributed by atoms with Crippen LogP contribution in [0.1, 0.15) is 24.9 Å². The molecular formula is C13H22N2O2S. The van der Waals surface area contributed by atoms with Crippen LogP contribution in [0.25, 0.3) is 0 Å². The lowest BCUT2D eigenvalue weighted by Gasteiger charge is -2.25. The summed E-state index contributed by atoms with van der Waals surface area (Å²) in [5.74, 6) is 0.237. The molecule has 0 aliphatic rings. The van der Waals surface area contributed by atoms with Crippen LogP contribution in [0.4, 0.5) is 5.69 Å². The molecule has 1 rings (SSSR count). The third kappa shape index (κ3) is 5.06. The lowest BCUT2D eigenvalue weighted by Crippen LogP contribution is -2.25. The van der Waals surface area contributed by atoms with Gasteiger partial charge in [-0.15, -0.1) is 0 Å². The van der Waals surface area contributed by atoms with Crippen LogP contribution >= 0.6 is 0 Å². The fourth-order valence-corrected chi connectivity index (χ4v) is 2.50. The summed E-state index contributed by atoms with van der Waals surface area (Å²) in [5, 5.41) is 0. The van der Waals surface area contributed by atoms with Crippen molar-refractivity contribution in [2.45, 2.75) is 19.4 Å². The van der Waals surface area contributed by atoms with Gasteiger partial charge in [-0.25, -0.2) is 8.42 Å². The van der Waals surface area contributed by atoms with Crippen molar-refractivity contribution in [1.82, 2.24) is 4.90 Å². The van der Waals surface area contributed by atoms with Gasteiger partial charge in [0.05, 0.1) is 5.75 Å². The van der Waals surface area contributed by atoms with E-state index in [1.807, 2.05) is 31.3 Å². The van der Waals surface area contributed by atoms with E-state index in [1.54, 1.807) is 0 Å². The maximum Gasteiger partial charge on any atom is 0.147 e. The van der Waals surface area contributed by atoms with E-state index in [2.05, 4.69) is 11.8 Å². The Balaban J connectivity index is 2.54. The molecule has 5 heteroatoms. The smallest absolute Gasteiger partial charge is 0.147 e. The number of hydrogen-bond acceptors (Lipinski definition) is 4. The highest BCUT2D eigenvalue weighted by Crippen LogP contribution is 2.20. The zero-order valence-electron chi connectivity index (χ0n) is 11.3. The molecule has 1 aromatic rings. The molecule has 0 amide bonds. The number of anilines is 1. The fraction of sp³-hybridized carbons (Fsp3) is 0.538. The molecule has 1 unspecified atom stereocenters. The first-order valence-electron chi connectivity index (χ1n) is 6.03. The lowest BCUT2D eigenvalue weighted by molar-refractivity contribution is 0.262. The molecule has 0 aliphatic heterocycles. The topological polar surface area (TPSA) is 63.4 Å². The van der Waals surface area contributed by atoms with Crippen molar-refractivity contribution in [2.24, 2.45) is 0 Å². The Kier molecular flexibility index (Phi) is 5.16. The summed E-state index contributed by atoms with van der Waals surface area (Å²) in [6.07, 6.45) is 1.93. The zero-order chi connectivity index (χ0) is 13.8. The second kappa shape index (κ2) is 6.20. The van der Waals surface area contributed by atoms with E-state index in [1.165, 1.54) is 6.26 Å². The molecule has 0 fully saturated rings. The molecule has 0 spiro atoms. The minimum atomic E-state index is -2.86. The van der Waals surface area contributed by atoms with Crippen molar-refractivity contribution in [3.8, 4) is 0 Å². The highest BCUT2D eigenvalue weighted by atomic mass is 32.2. The number of hydrogen-bond donors (Lipinski definition) is 1. The molecule has 4 nitrogen and oxygen atoms in total. The highest BCUT2D eigenvalue weighted by Gasteiger charge is 2.12. The van der Waals surface area contributed by atoms with E-state index in [-0.39, 0.29) is 11.8 Å². The van der Waals surface area contributed by atoms with Gasteiger partial charge < -0.3 is 5.73 Å². The van der Waals surface area contributed by atoms with Crippen molar-refractivity contribution < 1.29 is 8.42 Å². The van der Waals surface area contributed by atoms with Gasteiger partial charge >= 0.3 is 0 Å². The average molecular weight is 270 g/mol. The van der Waals surface area contributed by atoms with Gasteiger partial charge in [-0.3, -0.25) is 4.90 Å². The fourth-order valence-electron chi connectivity index (χ4n) is 1.84. The Bertz CT molecular complexity index is 486. The maximum absolute atomic E-state index is 11.1. The molecule has 102 valence electrons. The quantitative estimate of drug-likeness (QED) is 0.799. The van der Waals surface area contributed by atoms with Crippen LogP contribution in [-0.4, -0.2) is 38.9 Å². The average Bonchev–Trinajstić information content (AvgIpc) is 2.26. The van der Waals surface area contributed by atoms with Gasteiger partial charge in [0.2, 0.25) is 0 Å². The molecular weight excluding hydrogens is 248 g/mol. The monoisotopic (exact) mass is 270 g/mol. The zero-order valence-corrected chi connectivity index (χ0v) is 12.1. The van der Waals surface area contributed by atoms with Gasteiger partial charge in [-0.2, -0.15) is 0 Å². The summed E-state index contributed by atoms with van der Waals surface area (Å²) >= 11 is 0.